The highest BCUT2D eigenvalue weighted by Crippen LogP contribution is 2.22. The second-order valence-electron chi connectivity index (χ2n) is 6.55. The molecule has 2 aromatic heterocycles. The highest BCUT2D eigenvalue weighted by molar-refractivity contribution is 7.71. The minimum Gasteiger partial charge on any atom is -0.497 e. The first-order chi connectivity index (χ1) is 15.0. The van der Waals surface area contributed by atoms with Crippen LogP contribution in [0.5, 0.6) is 11.5 Å². The second-order valence-corrected chi connectivity index (χ2v) is 6.91. The first kappa shape index (κ1) is 20.1. The third-order valence-corrected chi connectivity index (χ3v) is 5.17. The van der Waals surface area contributed by atoms with Crippen LogP contribution in [0.25, 0.3) is 22.4 Å². The number of ether oxygens (including phenoxy) is 2. The zero-order chi connectivity index (χ0) is 22.1. The van der Waals surface area contributed by atoms with Crippen molar-refractivity contribution in [2.24, 2.45) is 0 Å². The molecule has 0 saturated heterocycles. The molecule has 0 spiro atoms. The van der Waals surface area contributed by atoms with Gasteiger partial charge in [-0.05, 0) is 42.5 Å². The first-order valence-corrected chi connectivity index (χ1v) is 9.53. The minimum atomic E-state index is -0.612. The number of H-pyrrole nitrogens is 1. The van der Waals surface area contributed by atoms with Gasteiger partial charge in [-0.2, -0.15) is 5.26 Å². The van der Waals surface area contributed by atoms with Crippen LogP contribution in [0.4, 0.5) is 0 Å². The molecule has 0 aliphatic rings. The van der Waals surface area contributed by atoms with Gasteiger partial charge in [-0.15, -0.1) is 0 Å². The predicted molar refractivity (Wildman–Crippen MR) is 118 cm³/mol. The van der Waals surface area contributed by atoms with Gasteiger partial charge in [0.25, 0.3) is 11.1 Å². The molecular formula is C22H16N4O4S. The quantitative estimate of drug-likeness (QED) is 0.497. The molecule has 0 aliphatic heterocycles. The first-order valence-electron chi connectivity index (χ1n) is 9.12. The van der Waals surface area contributed by atoms with Crippen molar-refractivity contribution < 1.29 is 9.47 Å². The second kappa shape index (κ2) is 7.93. The van der Waals surface area contributed by atoms with Crippen LogP contribution < -0.4 is 20.6 Å². The lowest BCUT2D eigenvalue weighted by molar-refractivity contribution is 0.414. The van der Waals surface area contributed by atoms with Crippen LogP contribution in [-0.4, -0.2) is 28.3 Å². The van der Waals surface area contributed by atoms with Gasteiger partial charge in [-0.1, -0.05) is 12.1 Å². The maximum atomic E-state index is 13.4. The van der Waals surface area contributed by atoms with E-state index >= 15 is 0 Å². The number of hydrogen-bond donors (Lipinski definition) is 1. The van der Waals surface area contributed by atoms with Gasteiger partial charge < -0.3 is 14.5 Å². The van der Waals surface area contributed by atoms with Gasteiger partial charge in [0, 0.05) is 12.1 Å². The topological polar surface area (TPSA) is 102 Å². The third kappa shape index (κ3) is 3.39. The lowest BCUT2D eigenvalue weighted by Crippen LogP contribution is -2.26. The molecule has 0 bridgehead atoms. The van der Waals surface area contributed by atoms with E-state index in [1.165, 1.54) is 24.9 Å². The SMILES string of the molecule is COc1cccc(-n2c(=O)c3cc(C#N)c(=O)[nH]c3n(-c3cccc(OC)c3)c2=S)c1. The van der Waals surface area contributed by atoms with E-state index in [1.54, 1.807) is 53.1 Å². The van der Waals surface area contributed by atoms with Gasteiger partial charge in [0.15, 0.2) is 4.77 Å². The zero-order valence-corrected chi connectivity index (χ0v) is 17.4. The normalized spacial score (nSPS) is 10.6. The van der Waals surface area contributed by atoms with Gasteiger partial charge in [0.2, 0.25) is 0 Å². The van der Waals surface area contributed by atoms with E-state index in [4.69, 9.17) is 21.7 Å². The van der Waals surface area contributed by atoms with Crippen molar-refractivity contribution in [1.82, 2.24) is 14.1 Å². The van der Waals surface area contributed by atoms with E-state index in [1.807, 2.05) is 6.07 Å². The molecule has 0 fully saturated rings. The Kier molecular flexibility index (Phi) is 5.15. The van der Waals surface area contributed by atoms with E-state index in [0.717, 1.165) is 0 Å². The van der Waals surface area contributed by atoms with Crippen LogP contribution in [0.2, 0.25) is 0 Å². The Balaban J connectivity index is 2.21. The number of nitriles is 1. The fraction of sp³-hybridized carbons (Fsp3) is 0.0909. The summed E-state index contributed by atoms with van der Waals surface area (Å²) in [5.74, 6) is 1.12. The Morgan fingerprint density at radius 3 is 2.06 bits per heavy atom. The van der Waals surface area contributed by atoms with Crippen LogP contribution in [-0.2, 0) is 0 Å². The van der Waals surface area contributed by atoms with E-state index in [9.17, 15) is 14.9 Å². The molecule has 8 nitrogen and oxygen atoms in total. The van der Waals surface area contributed by atoms with Gasteiger partial charge in [0.05, 0.1) is 31.0 Å². The summed E-state index contributed by atoms with van der Waals surface area (Å²) in [6.45, 7) is 0. The van der Waals surface area contributed by atoms with Gasteiger partial charge in [-0.3, -0.25) is 18.7 Å². The molecule has 0 amide bonds. The molecule has 0 saturated carbocycles. The maximum absolute atomic E-state index is 13.4. The summed E-state index contributed by atoms with van der Waals surface area (Å²) >= 11 is 5.69. The van der Waals surface area contributed by atoms with Crippen molar-refractivity contribution in [1.29, 1.82) is 5.26 Å². The van der Waals surface area contributed by atoms with Crippen molar-refractivity contribution in [3.8, 4) is 28.9 Å². The summed E-state index contributed by atoms with van der Waals surface area (Å²) in [6.07, 6.45) is 0. The Labute approximate surface area is 181 Å². The van der Waals surface area contributed by atoms with Crippen molar-refractivity contribution in [2.45, 2.75) is 0 Å². The molecular weight excluding hydrogens is 416 g/mol. The van der Waals surface area contributed by atoms with Crippen molar-refractivity contribution in [2.75, 3.05) is 14.2 Å². The molecule has 2 aromatic carbocycles. The summed E-state index contributed by atoms with van der Waals surface area (Å²) in [4.78, 5) is 28.4. The number of nitrogens with zero attached hydrogens (tertiary/aromatic N) is 3. The van der Waals surface area contributed by atoms with Crippen LogP contribution in [0.1, 0.15) is 5.56 Å². The number of benzene rings is 2. The Bertz CT molecular complexity index is 1540. The molecule has 9 heteroatoms. The number of aromatic amines is 1. The number of nitrogens with one attached hydrogen (secondary N) is 1. The molecule has 0 radical (unpaired) electrons. The molecule has 0 atom stereocenters. The van der Waals surface area contributed by atoms with Crippen LogP contribution in [0, 0.1) is 16.1 Å². The molecule has 31 heavy (non-hydrogen) atoms. The number of rotatable bonds is 4. The molecule has 4 rings (SSSR count). The van der Waals surface area contributed by atoms with Gasteiger partial charge >= 0.3 is 0 Å². The number of methoxy groups -OCH3 is 2. The predicted octanol–water partition coefficient (Wildman–Crippen LogP) is 3.09. The van der Waals surface area contributed by atoms with Gasteiger partial charge in [0.1, 0.15) is 28.8 Å². The van der Waals surface area contributed by atoms with Crippen LogP contribution >= 0.6 is 12.2 Å². The van der Waals surface area contributed by atoms with Crippen molar-refractivity contribution in [3.63, 3.8) is 0 Å². The van der Waals surface area contributed by atoms with Crippen molar-refractivity contribution >= 4 is 23.3 Å². The molecule has 0 aliphatic carbocycles. The summed E-state index contributed by atoms with van der Waals surface area (Å²) in [6, 6.07) is 17.0. The molecule has 154 valence electrons. The van der Waals surface area contributed by atoms with E-state index in [0.29, 0.717) is 22.9 Å². The summed E-state index contributed by atoms with van der Waals surface area (Å²) in [7, 11) is 3.06. The van der Waals surface area contributed by atoms with Crippen LogP contribution in [0.3, 0.4) is 0 Å². The number of aromatic nitrogens is 3. The lowest BCUT2D eigenvalue weighted by Gasteiger charge is -2.17. The number of hydrogen-bond acceptors (Lipinski definition) is 6. The fourth-order valence-electron chi connectivity index (χ4n) is 3.31. The maximum Gasteiger partial charge on any atom is 0.268 e. The molecule has 4 aromatic rings. The van der Waals surface area contributed by atoms with E-state index in [2.05, 4.69) is 4.98 Å². The Morgan fingerprint density at radius 1 is 0.935 bits per heavy atom. The lowest BCUT2D eigenvalue weighted by atomic mass is 10.2. The zero-order valence-electron chi connectivity index (χ0n) is 16.6. The van der Waals surface area contributed by atoms with Gasteiger partial charge in [-0.25, -0.2) is 0 Å². The Hall–Kier alpha value is -4.16. The van der Waals surface area contributed by atoms with Crippen LogP contribution in [0.15, 0.2) is 64.2 Å². The number of fused-ring (bicyclic) bond motifs is 1. The molecule has 2 heterocycles. The average molecular weight is 432 g/mol. The minimum absolute atomic E-state index is 0.124. The highest BCUT2D eigenvalue weighted by Gasteiger charge is 2.17. The standard InChI is InChI=1S/C22H16N4O4S/c1-29-16-7-3-5-14(10-16)25-19-18(9-13(12-23)20(27)24-19)21(28)26(22(25)31)15-6-4-8-17(11-15)30-2/h3-11H,1-2H3,(H,24,27). The van der Waals surface area contributed by atoms with Crippen molar-refractivity contribution in [3.05, 3.63) is 85.6 Å². The third-order valence-electron chi connectivity index (χ3n) is 4.80. The molecule has 0 unspecified atom stereocenters. The van der Waals surface area contributed by atoms with E-state index in [-0.39, 0.29) is 21.4 Å². The van der Waals surface area contributed by atoms with E-state index < -0.39 is 11.1 Å². The monoisotopic (exact) mass is 432 g/mol. The summed E-state index contributed by atoms with van der Waals surface area (Å²) < 4.78 is 13.6. The number of pyridine rings is 1. The largest absolute Gasteiger partial charge is 0.497 e. The smallest absolute Gasteiger partial charge is 0.268 e. The fourth-order valence-corrected chi connectivity index (χ4v) is 3.70. The average Bonchev–Trinajstić information content (AvgIpc) is 2.79. The molecule has 1 N–H and O–H groups in total. The Morgan fingerprint density at radius 2 is 1.52 bits per heavy atom. The summed E-state index contributed by atoms with van der Waals surface area (Å²) in [5, 5.41) is 9.43. The highest BCUT2D eigenvalue weighted by atomic mass is 32.1. The summed E-state index contributed by atoms with van der Waals surface area (Å²) in [5.41, 5.74) is -0.00816.